The second-order valence-electron chi connectivity index (χ2n) is 12.0. The van der Waals surface area contributed by atoms with E-state index in [9.17, 15) is 0 Å². The number of para-hydroxylation sites is 1. The fraction of sp³-hybridized carbons (Fsp3) is 0.257. The predicted octanol–water partition coefficient (Wildman–Crippen LogP) is 7.57. The minimum atomic E-state index is 0.0666. The molecule has 1 aliphatic carbocycles. The molecular formula is C35H33BN2S. The zero-order valence-corrected chi connectivity index (χ0v) is 23.8. The molecule has 1 saturated carbocycles. The smallest absolute Gasteiger partial charge is 0.264 e. The van der Waals surface area contributed by atoms with E-state index in [1.807, 2.05) is 17.4 Å². The van der Waals surface area contributed by atoms with Gasteiger partial charge in [-0.25, -0.2) is 0 Å². The molecule has 1 fully saturated rings. The maximum atomic E-state index is 4.27. The van der Waals surface area contributed by atoms with Crippen LogP contribution in [-0.4, -0.2) is 12.3 Å². The van der Waals surface area contributed by atoms with E-state index in [2.05, 4.69) is 116 Å². The fourth-order valence-corrected chi connectivity index (χ4v) is 9.67. The van der Waals surface area contributed by atoms with Crippen LogP contribution in [0.15, 0.2) is 97.2 Å². The summed E-state index contributed by atoms with van der Waals surface area (Å²) in [5.41, 5.74) is 11.3. The van der Waals surface area contributed by atoms with Crippen LogP contribution in [0.4, 0.5) is 22.7 Å². The van der Waals surface area contributed by atoms with Gasteiger partial charge in [0.1, 0.15) is 0 Å². The molecule has 0 saturated heterocycles. The third-order valence-electron chi connectivity index (χ3n) is 10.3. The van der Waals surface area contributed by atoms with Gasteiger partial charge < -0.3 is 9.80 Å². The summed E-state index contributed by atoms with van der Waals surface area (Å²) in [7, 11) is 0. The molecule has 2 nitrogen and oxygen atoms in total. The lowest BCUT2D eigenvalue weighted by molar-refractivity contribution is 0.195. The number of benzene rings is 3. The van der Waals surface area contributed by atoms with Crippen LogP contribution in [0.2, 0.25) is 0 Å². The number of fused-ring (bicyclic) bond motifs is 9. The third kappa shape index (κ3) is 2.73. The average Bonchev–Trinajstić information content (AvgIpc) is 3.44. The van der Waals surface area contributed by atoms with Gasteiger partial charge in [-0.1, -0.05) is 81.0 Å². The number of hydrogen-bond donors (Lipinski definition) is 0. The standard InChI is InChI=1S/C35H33BN2S/c1-5-7-14-23(6-2)37-27-18-13-19-28-30(27)36(33-31(37)24-15-8-9-20-29(24)39-33)26-17-12-16-25-32(26)38(28)35(4)22-11-10-21-34(25,35)3/h5-9,12-20H,2,10-11,21-22H2,1,3-4H3/b7-5-,23-14+. The predicted molar refractivity (Wildman–Crippen MR) is 171 cm³/mol. The Bertz CT molecular complexity index is 1760. The van der Waals surface area contributed by atoms with E-state index in [1.165, 1.54) is 74.2 Å². The molecule has 192 valence electrons. The van der Waals surface area contributed by atoms with Gasteiger partial charge >= 0.3 is 0 Å². The Hall–Kier alpha value is -3.50. The van der Waals surface area contributed by atoms with Crippen molar-refractivity contribution in [2.45, 2.75) is 57.4 Å². The first-order valence-corrected chi connectivity index (χ1v) is 15.2. The second kappa shape index (κ2) is 8.02. The lowest BCUT2D eigenvalue weighted by Crippen LogP contribution is -2.64. The highest BCUT2D eigenvalue weighted by molar-refractivity contribution is 7.33. The van der Waals surface area contributed by atoms with Crippen molar-refractivity contribution in [1.82, 2.24) is 0 Å². The van der Waals surface area contributed by atoms with Crippen molar-refractivity contribution in [2.75, 3.05) is 9.80 Å². The first-order chi connectivity index (χ1) is 19.0. The minimum Gasteiger partial charge on any atom is -0.335 e. The van der Waals surface area contributed by atoms with Gasteiger partial charge in [-0.15, -0.1) is 11.3 Å². The van der Waals surface area contributed by atoms with Gasteiger partial charge in [0, 0.05) is 43.0 Å². The van der Waals surface area contributed by atoms with E-state index in [4.69, 9.17) is 0 Å². The normalized spacial score (nSPS) is 24.6. The largest absolute Gasteiger partial charge is 0.335 e. The molecule has 1 aromatic heterocycles. The molecule has 2 atom stereocenters. The molecule has 4 aromatic rings. The lowest BCUT2D eigenvalue weighted by atomic mass is 9.36. The van der Waals surface area contributed by atoms with Crippen molar-refractivity contribution in [1.29, 1.82) is 0 Å². The van der Waals surface area contributed by atoms with Crippen molar-refractivity contribution in [3.05, 3.63) is 103 Å². The second-order valence-corrected chi connectivity index (χ2v) is 13.1. The van der Waals surface area contributed by atoms with Crippen LogP contribution >= 0.6 is 11.3 Å². The number of thiophene rings is 1. The molecule has 4 heteroatoms. The van der Waals surface area contributed by atoms with Crippen LogP contribution in [0.25, 0.3) is 10.1 Å². The van der Waals surface area contributed by atoms with Crippen molar-refractivity contribution >= 4 is 66.6 Å². The van der Waals surface area contributed by atoms with E-state index in [0.29, 0.717) is 0 Å². The van der Waals surface area contributed by atoms with E-state index >= 15 is 0 Å². The van der Waals surface area contributed by atoms with Gasteiger partial charge in [-0.2, -0.15) is 0 Å². The molecule has 4 aliphatic rings. The third-order valence-corrected chi connectivity index (χ3v) is 11.5. The highest BCUT2D eigenvalue weighted by Crippen LogP contribution is 2.61. The van der Waals surface area contributed by atoms with E-state index in [0.717, 1.165) is 5.70 Å². The molecule has 0 bridgehead atoms. The number of rotatable bonds is 3. The zero-order valence-electron chi connectivity index (χ0n) is 23.0. The van der Waals surface area contributed by atoms with Crippen LogP contribution in [0.5, 0.6) is 0 Å². The molecule has 3 aliphatic heterocycles. The Kier molecular flexibility index (Phi) is 4.81. The van der Waals surface area contributed by atoms with E-state index < -0.39 is 0 Å². The Balaban J connectivity index is 1.51. The maximum absolute atomic E-state index is 4.27. The molecule has 2 unspecified atom stereocenters. The molecule has 39 heavy (non-hydrogen) atoms. The van der Waals surface area contributed by atoms with E-state index in [-0.39, 0.29) is 17.7 Å². The summed E-state index contributed by atoms with van der Waals surface area (Å²) >= 11 is 1.97. The quantitative estimate of drug-likeness (QED) is 0.202. The summed E-state index contributed by atoms with van der Waals surface area (Å²) < 4.78 is 2.79. The molecule has 0 radical (unpaired) electrons. The SMILES string of the molecule is C=C/C(=C\C=C/C)N1c2cccc3c2B(c2cccc4c2N3C2(C)CCCCC42C)c2sc3ccccc3c21. The number of allylic oxidation sites excluding steroid dienone is 4. The van der Waals surface area contributed by atoms with Crippen molar-refractivity contribution < 1.29 is 0 Å². The van der Waals surface area contributed by atoms with Gasteiger partial charge in [-0.3, -0.25) is 0 Å². The zero-order chi connectivity index (χ0) is 26.5. The monoisotopic (exact) mass is 524 g/mol. The summed E-state index contributed by atoms with van der Waals surface area (Å²) in [5, 5.41) is 1.32. The lowest BCUT2D eigenvalue weighted by Gasteiger charge is -2.52. The van der Waals surface area contributed by atoms with Crippen molar-refractivity contribution in [3.63, 3.8) is 0 Å². The molecule has 0 spiro atoms. The number of hydrogen-bond acceptors (Lipinski definition) is 3. The van der Waals surface area contributed by atoms with Crippen LogP contribution in [0.1, 0.15) is 52.0 Å². The topological polar surface area (TPSA) is 6.48 Å². The summed E-state index contributed by atoms with van der Waals surface area (Å²) in [6.07, 6.45) is 13.5. The Morgan fingerprint density at radius 2 is 1.74 bits per heavy atom. The fourth-order valence-electron chi connectivity index (χ4n) is 8.35. The van der Waals surface area contributed by atoms with Crippen LogP contribution < -0.4 is 25.5 Å². The Labute approximate surface area is 236 Å². The first-order valence-electron chi connectivity index (χ1n) is 14.4. The maximum Gasteiger partial charge on any atom is 0.264 e. The first kappa shape index (κ1) is 23.4. The highest BCUT2D eigenvalue weighted by atomic mass is 32.1. The molecular weight excluding hydrogens is 491 g/mol. The van der Waals surface area contributed by atoms with E-state index in [1.54, 1.807) is 5.56 Å². The van der Waals surface area contributed by atoms with Crippen LogP contribution in [0, 0.1) is 0 Å². The Morgan fingerprint density at radius 1 is 0.949 bits per heavy atom. The summed E-state index contributed by atoms with van der Waals surface area (Å²) in [6.45, 7) is 11.7. The molecule has 0 amide bonds. The summed E-state index contributed by atoms with van der Waals surface area (Å²) in [6, 6.07) is 23.1. The molecule has 3 aromatic carbocycles. The van der Waals surface area contributed by atoms with Crippen LogP contribution in [0.3, 0.4) is 0 Å². The number of anilines is 4. The average molecular weight is 525 g/mol. The minimum absolute atomic E-state index is 0.0666. The van der Waals surface area contributed by atoms with Crippen molar-refractivity contribution in [2.24, 2.45) is 0 Å². The van der Waals surface area contributed by atoms with Gasteiger partial charge in [0.25, 0.3) is 6.71 Å². The molecule has 0 N–H and O–H groups in total. The summed E-state index contributed by atoms with van der Waals surface area (Å²) in [4.78, 5) is 5.27. The van der Waals surface area contributed by atoms with Gasteiger partial charge in [0.05, 0.1) is 11.2 Å². The van der Waals surface area contributed by atoms with Gasteiger partial charge in [0.2, 0.25) is 0 Å². The molecule has 4 heterocycles. The van der Waals surface area contributed by atoms with Crippen LogP contribution in [-0.2, 0) is 5.41 Å². The Morgan fingerprint density at radius 3 is 2.59 bits per heavy atom. The number of nitrogens with zero attached hydrogens (tertiary/aromatic N) is 2. The summed E-state index contributed by atoms with van der Waals surface area (Å²) in [5.74, 6) is 0. The highest BCUT2D eigenvalue weighted by Gasteiger charge is 2.61. The molecule has 8 rings (SSSR count). The van der Waals surface area contributed by atoms with Crippen molar-refractivity contribution in [3.8, 4) is 0 Å². The van der Waals surface area contributed by atoms with Gasteiger partial charge in [-0.05, 0) is 73.5 Å². The van der Waals surface area contributed by atoms with Gasteiger partial charge in [0.15, 0.2) is 0 Å².